The largest absolute Gasteiger partial charge is 0.507 e. The average Bonchev–Trinajstić information content (AvgIpc) is 2.72. The first-order valence-electron chi connectivity index (χ1n) is 9.04. The minimum absolute atomic E-state index is 0.0625. The molecule has 0 saturated carbocycles. The number of rotatable bonds is 6. The first kappa shape index (κ1) is 18.7. The highest BCUT2D eigenvalue weighted by Gasteiger charge is 2.25. The highest BCUT2D eigenvalue weighted by Crippen LogP contribution is 2.29. The van der Waals surface area contributed by atoms with Gasteiger partial charge < -0.3 is 14.7 Å². The number of carbonyl (C=O) groups is 2. The first-order chi connectivity index (χ1) is 13.1. The standard InChI is InChI=1S/C22H23NO4/c1-2-19-20(25)9-4-10-21(19)27-15-17-7-5-11-23(13-17)22(26)18-8-3-6-16(12-18)14-24/h2-4,6,8-10,12,14,17,25H,1,5,7,11,13,15H2/t17-/m0/s1. The van der Waals surface area contributed by atoms with Crippen LogP contribution in [0.3, 0.4) is 0 Å². The normalized spacial score (nSPS) is 16.6. The molecule has 1 atom stereocenters. The fourth-order valence-corrected chi connectivity index (χ4v) is 3.38. The Morgan fingerprint density at radius 3 is 2.89 bits per heavy atom. The van der Waals surface area contributed by atoms with Crippen molar-refractivity contribution in [1.82, 2.24) is 4.90 Å². The third kappa shape index (κ3) is 4.37. The molecule has 1 N–H and O–H groups in total. The van der Waals surface area contributed by atoms with Gasteiger partial charge in [-0.25, -0.2) is 0 Å². The molecule has 0 spiro atoms. The summed E-state index contributed by atoms with van der Waals surface area (Å²) in [6, 6.07) is 11.9. The quantitative estimate of drug-likeness (QED) is 0.791. The van der Waals surface area contributed by atoms with Crippen molar-refractivity contribution in [3.05, 3.63) is 65.7 Å². The number of carbonyl (C=O) groups excluding carboxylic acids is 2. The third-order valence-electron chi connectivity index (χ3n) is 4.80. The highest BCUT2D eigenvalue weighted by atomic mass is 16.5. The number of ether oxygens (including phenoxy) is 1. The Morgan fingerprint density at radius 2 is 2.11 bits per heavy atom. The van der Waals surface area contributed by atoms with Crippen LogP contribution in [0, 0.1) is 5.92 Å². The molecule has 0 bridgehead atoms. The lowest BCUT2D eigenvalue weighted by Crippen LogP contribution is -2.41. The molecule has 5 heteroatoms. The lowest BCUT2D eigenvalue weighted by molar-refractivity contribution is 0.0633. The van der Waals surface area contributed by atoms with Gasteiger partial charge in [0, 0.05) is 30.1 Å². The highest BCUT2D eigenvalue weighted by molar-refractivity contribution is 5.95. The zero-order valence-corrected chi connectivity index (χ0v) is 15.1. The molecule has 1 amide bonds. The predicted molar refractivity (Wildman–Crippen MR) is 104 cm³/mol. The number of hydrogen-bond acceptors (Lipinski definition) is 4. The smallest absolute Gasteiger partial charge is 0.253 e. The number of amides is 1. The second kappa shape index (κ2) is 8.54. The number of benzene rings is 2. The Balaban J connectivity index is 1.64. The van der Waals surface area contributed by atoms with E-state index in [2.05, 4.69) is 6.58 Å². The van der Waals surface area contributed by atoms with E-state index in [1.165, 1.54) is 0 Å². The number of aldehydes is 1. The molecule has 3 rings (SSSR count). The van der Waals surface area contributed by atoms with Gasteiger partial charge in [0.05, 0.1) is 12.2 Å². The van der Waals surface area contributed by atoms with Crippen molar-refractivity contribution < 1.29 is 19.4 Å². The van der Waals surface area contributed by atoms with Crippen LogP contribution in [0.25, 0.3) is 6.08 Å². The van der Waals surface area contributed by atoms with E-state index in [1.807, 2.05) is 4.90 Å². The molecule has 27 heavy (non-hydrogen) atoms. The number of piperidine rings is 1. The molecular formula is C22H23NO4. The van der Waals surface area contributed by atoms with Gasteiger partial charge in [-0.3, -0.25) is 9.59 Å². The summed E-state index contributed by atoms with van der Waals surface area (Å²) in [4.78, 5) is 25.5. The molecule has 2 aromatic rings. The van der Waals surface area contributed by atoms with E-state index in [4.69, 9.17) is 4.74 Å². The molecule has 1 heterocycles. The number of phenols is 1. The minimum Gasteiger partial charge on any atom is -0.507 e. The lowest BCUT2D eigenvalue weighted by atomic mass is 9.98. The van der Waals surface area contributed by atoms with Gasteiger partial charge in [-0.15, -0.1) is 0 Å². The molecule has 1 aliphatic heterocycles. The van der Waals surface area contributed by atoms with E-state index in [9.17, 15) is 14.7 Å². The first-order valence-corrected chi connectivity index (χ1v) is 9.04. The van der Waals surface area contributed by atoms with Crippen molar-refractivity contribution in [3.63, 3.8) is 0 Å². The van der Waals surface area contributed by atoms with Gasteiger partial charge >= 0.3 is 0 Å². The number of aromatic hydroxyl groups is 1. The Morgan fingerprint density at radius 1 is 1.30 bits per heavy atom. The van der Waals surface area contributed by atoms with E-state index in [1.54, 1.807) is 48.5 Å². The van der Waals surface area contributed by atoms with Crippen LogP contribution < -0.4 is 4.74 Å². The molecule has 0 radical (unpaired) electrons. The summed E-state index contributed by atoms with van der Waals surface area (Å²) in [6.07, 6.45) is 4.19. The summed E-state index contributed by atoms with van der Waals surface area (Å²) in [5.41, 5.74) is 1.61. The molecule has 2 aromatic carbocycles. The molecule has 0 unspecified atom stereocenters. The van der Waals surface area contributed by atoms with Crippen molar-refractivity contribution in [3.8, 4) is 11.5 Å². The predicted octanol–water partition coefficient (Wildman–Crippen LogP) is 3.78. The molecule has 0 aliphatic carbocycles. The fourth-order valence-electron chi connectivity index (χ4n) is 3.38. The Hall–Kier alpha value is -3.08. The monoisotopic (exact) mass is 365 g/mol. The van der Waals surface area contributed by atoms with Crippen molar-refractivity contribution in [2.45, 2.75) is 12.8 Å². The number of hydrogen-bond donors (Lipinski definition) is 1. The van der Waals surface area contributed by atoms with Gasteiger partial charge in [0.1, 0.15) is 17.8 Å². The topological polar surface area (TPSA) is 66.8 Å². The van der Waals surface area contributed by atoms with Gasteiger partial charge in [0.25, 0.3) is 5.91 Å². The molecule has 140 valence electrons. The van der Waals surface area contributed by atoms with Crippen LogP contribution in [-0.4, -0.2) is 41.9 Å². The summed E-state index contributed by atoms with van der Waals surface area (Å²) in [5, 5.41) is 9.88. The molecule has 1 fully saturated rings. The van der Waals surface area contributed by atoms with E-state index in [-0.39, 0.29) is 17.6 Å². The SMILES string of the molecule is C=Cc1c(O)cccc1OC[C@H]1CCCN(C(=O)c2cccc(C=O)c2)C1. The maximum absolute atomic E-state index is 12.8. The van der Waals surface area contributed by atoms with Gasteiger partial charge in [-0.05, 0) is 37.1 Å². The van der Waals surface area contributed by atoms with Gasteiger partial charge in [-0.1, -0.05) is 30.9 Å². The number of likely N-dealkylation sites (tertiary alicyclic amines) is 1. The summed E-state index contributed by atoms with van der Waals surface area (Å²) < 4.78 is 5.90. The second-order valence-electron chi connectivity index (χ2n) is 6.71. The zero-order valence-electron chi connectivity index (χ0n) is 15.1. The Bertz CT molecular complexity index is 846. The van der Waals surface area contributed by atoms with Crippen molar-refractivity contribution >= 4 is 18.3 Å². The van der Waals surface area contributed by atoms with Gasteiger partial charge in [-0.2, -0.15) is 0 Å². The van der Waals surface area contributed by atoms with E-state index in [0.29, 0.717) is 42.1 Å². The van der Waals surface area contributed by atoms with E-state index >= 15 is 0 Å². The van der Waals surface area contributed by atoms with Crippen LogP contribution in [0.4, 0.5) is 0 Å². The van der Waals surface area contributed by atoms with Crippen LogP contribution in [0.1, 0.15) is 39.1 Å². The maximum Gasteiger partial charge on any atom is 0.253 e. The van der Waals surface area contributed by atoms with Crippen LogP contribution in [-0.2, 0) is 0 Å². The van der Waals surface area contributed by atoms with Gasteiger partial charge in [0.15, 0.2) is 0 Å². The van der Waals surface area contributed by atoms with Crippen molar-refractivity contribution in [2.24, 2.45) is 5.92 Å². The van der Waals surface area contributed by atoms with Crippen molar-refractivity contribution in [1.29, 1.82) is 0 Å². The van der Waals surface area contributed by atoms with Crippen molar-refractivity contribution in [2.75, 3.05) is 19.7 Å². The van der Waals surface area contributed by atoms with Crippen LogP contribution >= 0.6 is 0 Å². The lowest BCUT2D eigenvalue weighted by Gasteiger charge is -2.33. The summed E-state index contributed by atoms with van der Waals surface area (Å²) in [6.45, 7) is 5.48. The number of phenolic OH excluding ortho intramolecular Hbond substituents is 1. The Kier molecular flexibility index (Phi) is 5.91. The fraction of sp³-hybridized carbons (Fsp3) is 0.273. The Labute approximate surface area is 158 Å². The molecular weight excluding hydrogens is 342 g/mol. The van der Waals surface area contributed by atoms with Gasteiger partial charge in [0.2, 0.25) is 0 Å². The van der Waals surface area contributed by atoms with Crippen LogP contribution in [0.2, 0.25) is 0 Å². The molecule has 5 nitrogen and oxygen atoms in total. The zero-order chi connectivity index (χ0) is 19.2. The van der Waals surface area contributed by atoms with Crippen LogP contribution in [0.5, 0.6) is 11.5 Å². The second-order valence-corrected chi connectivity index (χ2v) is 6.71. The van der Waals surface area contributed by atoms with E-state index < -0.39 is 0 Å². The van der Waals surface area contributed by atoms with Crippen LogP contribution in [0.15, 0.2) is 49.0 Å². The summed E-state index contributed by atoms with van der Waals surface area (Å²) in [5.74, 6) is 0.870. The van der Waals surface area contributed by atoms with E-state index in [0.717, 1.165) is 19.1 Å². The maximum atomic E-state index is 12.8. The third-order valence-corrected chi connectivity index (χ3v) is 4.80. The summed E-state index contributed by atoms with van der Waals surface area (Å²) >= 11 is 0. The summed E-state index contributed by atoms with van der Waals surface area (Å²) in [7, 11) is 0. The number of nitrogens with zero attached hydrogens (tertiary/aromatic N) is 1. The molecule has 0 aromatic heterocycles. The molecule has 1 saturated heterocycles. The minimum atomic E-state index is -0.0625. The molecule has 1 aliphatic rings. The average molecular weight is 365 g/mol.